The molecule has 3 nitrogen and oxygen atoms in total. The van der Waals surface area contributed by atoms with Crippen molar-refractivity contribution in [2.24, 2.45) is 0 Å². The molecule has 5 heterocycles. The van der Waals surface area contributed by atoms with E-state index in [0.29, 0.717) is 0 Å². The van der Waals surface area contributed by atoms with Gasteiger partial charge in [0.05, 0.1) is 21.6 Å². The van der Waals surface area contributed by atoms with E-state index in [0.717, 1.165) is 12.8 Å². The minimum atomic E-state index is -0.183. The highest BCUT2D eigenvalue weighted by molar-refractivity contribution is 7.26. The normalized spacial score (nSPS) is 18.7. The molecule has 2 aromatic heterocycles. The van der Waals surface area contributed by atoms with E-state index in [2.05, 4.69) is 267 Å². The van der Waals surface area contributed by atoms with Gasteiger partial charge in [-0.05, 0) is 147 Å². The van der Waals surface area contributed by atoms with Gasteiger partial charge in [0, 0.05) is 80.7 Å². The highest BCUT2D eigenvalue weighted by Crippen LogP contribution is 2.63. The summed E-state index contributed by atoms with van der Waals surface area (Å²) in [6, 6.07) is 69.3. The molecular weight excluding hydrogens is 1010 g/mol. The van der Waals surface area contributed by atoms with Crippen LogP contribution in [0.2, 0.25) is 0 Å². The molecule has 9 aromatic carbocycles. The summed E-state index contributed by atoms with van der Waals surface area (Å²) in [6.07, 6.45) is 4.72. The Hall–Kier alpha value is -7.12. The van der Waals surface area contributed by atoms with Crippen LogP contribution in [-0.2, 0) is 21.7 Å². The average molecular weight is 1080 g/mol. The number of hydrogen-bond acceptors (Lipinski definition) is 5. The molecule has 396 valence electrons. The predicted octanol–water partition coefficient (Wildman–Crippen LogP) is 19.8. The lowest BCUT2D eigenvalue weighted by Gasteiger charge is -2.51. The first-order valence-electron chi connectivity index (χ1n) is 29.2. The number of benzene rings is 9. The van der Waals surface area contributed by atoms with Crippen molar-refractivity contribution in [2.75, 3.05) is 14.7 Å². The highest BCUT2D eigenvalue weighted by Gasteiger charge is 2.58. The fourth-order valence-corrected chi connectivity index (χ4v) is 17.2. The number of hydrogen-bond donors (Lipinski definition) is 0. The number of fused-ring (bicyclic) bond motifs is 13. The maximum absolute atomic E-state index is 2.85. The molecule has 0 radical (unpaired) electrons. The number of nitrogens with zero attached hydrogens (tertiary/aromatic N) is 3. The Morgan fingerprint density at radius 3 is 1.69 bits per heavy atom. The van der Waals surface area contributed by atoms with Gasteiger partial charge in [0.15, 0.2) is 0 Å². The standard InChI is InChI=1S/C74H70BN3S2/c1-70(2,3)46-30-33-58(53(38-46)45-22-13-12-14-23-45)76-62-43-54-51-25-16-17-28-65(51)79-67(54)44-57(62)75-56-40-48(72(7,8)9)32-35-60(56)77(61-27-21-26-52-50-24-15-18-29-66(50)80-69(52)61)64-42-49(41-63(76)68(64)75)78-59-34-31-47(71(4,5)6)39-55(59)73(10)36-19-20-37-74(73,78)11/h12-18,21-35,38-44H,19-20,36-37H2,1-11H3. The molecule has 1 aliphatic carbocycles. The monoisotopic (exact) mass is 1080 g/mol. The Labute approximate surface area is 481 Å². The first-order chi connectivity index (χ1) is 38.3. The van der Waals surface area contributed by atoms with E-state index >= 15 is 0 Å². The lowest BCUT2D eigenvalue weighted by molar-refractivity contribution is 0.195. The fourth-order valence-electron chi connectivity index (χ4n) is 14.9. The van der Waals surface area contributed by atoms with Crippen LogP contribution >= 0.6 is 22.7 Å². The molecule has 1 fully saturated rings. The molecule has 0 bridgehead atoms. The molecule has 1 saturated carbocycles. The highest BCUT2D eigenvalue weighted by atomic mass is 32.1. The molecule has 2 atom stereocenters. The summed E-state index contributed by atoms with van der Waals surface area (Å²) in [5.74, 6) is 0. The third kappa shape index (κ3) is 7.16. The molecule has 4 aliphatic rings. The number of rotatable bonds is 4. The van der Waals surface area contributed by atoms with Crippen molar-refractivity contribution < 1.29 is 0 Å². The molecule has 0 amide bonds. The first-order valence-corrected chi connectivity index (χ1v) is 30.9. The second-order valence-corrected chi connectivity index (χ2v) is 29.4. The van der Waals surface area contributed by atoms with Crippen molar-refractivity contribution in [1.29, 1.82) is 0 Å². The van der Waals surface area contributed by atoms with Crippen LogP contribution < -0.4 is 31.1 Å². The minimum Gasteiger partial charge on any atom is -0.334 e. The summed E-state index contributed by atoms with van der Waals surface area (Å²) in [5, 5.41) is 5.25. The van der Waals surface area contributed by atoms with Gasteiger partial charge in [-0.1, -0.05) is 191 Å². The van der Waals surface area contributed by atoms with Crippen LogP contribution in [0.4, 0.5) is 45.5 Å². The van der Waals surface area contributed by atoms with Gasteiger partial charge in [-0.25, -0.2) is 0 Å². The summed E-state index contributed by atoms with van der Waals surface area (Å²) in [7, 11) is 0. The maximum atomic E-state index is 2.85. The zero-order chi connectivity index (χ0) is 55.0. The zero-order valence-corrected chi connectivity index (χ0v) is 49.9. The minimum absolute atomic E-state index is 0.0231. The summed E-state index contributed by atoms with van der Waals surface area (Å²) in [4.78, 5) is 8.29. The molecule has 0 spiro atoms. The van der Waals surface area contributed by atoms with Gasteiger partial charge in [-0.3, -0.25) is 0 Å². The average Bonchev–Trinajstić information content (AvgIpc) is 4.13. The van der Waals surface area contributed by atoms with Crippen LogP contribution in [-0.4, -0.2) is 12.3 Å². The third-order valence-electron chi connectivity index (χ3n) is 19.5. The van der Waals surface area contributed by atoms with Crippen molar-refractivity contribution in [3.05, 3.63) is 198 Å². The van der Waals surface area contributed by atoms with Crippen molar-refractivity contribution in [1.82, 2.24) is 0 Å². The lowest BCUT2D eigenvalue weighted by Crippen LogP contribution is -2.61. The first kappa shape index (κ1) is 49.9. The molecular formula is C74H70BN3S2. The van der Waals surface area contributed by atoms with E-state index in [9.17, 15) is 0 Å². The van der Waals surface area contributed by atoms with Gasteiger partial charge >= 0.3 is 0 Å². The number of thiophene rings is 2. The zero-order valence-electron chi connectivity index (χ0n) is 48.3. The SMILES string of the molecule is CC(C)(C)c1ccc2c(c1)B1c3cc4sc5ccccc5c4cc3N(c3ccc(C(C)(C)C)cc3-c3ccccc3)c3cc(N4c5ccc(C(C)(C)C)cc5C5(C)CCCCC45C)cc(c31)N2c1cccc2c1sc1ccccc12. The Bertz CT molecular complexity index is 4390. The molecule has 3 aliphatic heterocycles. The van der Waals surface area contributed by atoms with E-state index in [1.165, 1.54) is 148 Å². The molecule has 6 heteroatoms. The van der Waals surface area contributed by atoms with Gasteiger partial charge in [0.2, 0.25) is 0 Å². The Morgan fingerprint density at radius 2 is 0.988 bits per heavy atom. The third-order valence-corrected chi connectivity index (χ3v) is 21.8. The van der Waals surface area contributed by atoms with Crippen LogP contribution in [0.5, 0.6) is 0 Å². The summed E-state index contributed by atoms with van der Waals surface area (Å²) in [5.41, 5.74) is 21.8. The Morgan fingerprint density at radius 1 is 0.425 bits per heavy atom. The second kappa shape index (κ2) is 17.2. The van der Waals surface area contributed by atoms with Gasteiger partial charge in [-0.15, -0.1) is 22.7 Å². The van der Waals surface area contributed by atoms with E-state index in [1.54, 1.807) is 0 Å². The van der Waals surface area contributed by atoms with Crippen molar-refractivity contribution in [3.8, 4) is 11.1 Å². The van der Waals surface area contributed by atoms with Crippen LogP contribution in [0.25, 0.3) is 51.5 Å². The summed E-state index contributed by atoms with van der Waals surface area (Å²) in [6.45, 7) is 26.5. The van der Waals surface area contributed by atoms with Crippen molar-refractivity contribution in [3.63, 3.8) is 0 Å². The van der Waals surface area contributed by atoms with Crippen molar-refractivity contribution in [2.45, 2.75) is 129 Å². The van der Waals surface area contributed by atoms with Gasteiger partial charge in [0.1, 0.15) is 0 Å². The molecule has 0 saturated heterocycles. The van der Waals surface area contributed by atoms with Gasteiger partial charge in [-0.2, -0.15) is 0 Å². The van der Waals surface area contributed by atoms with Gasteiger partial charge in [0.25, 0.3) is 6.71 Å². The van der Waals surface area contributed by atoms with E-state index in [1.807, 2.05) is 22.7 Å². The summed E-state index contributed by atoms with van der Waals surface area (Å²) < 4.78 is 5.28. The lowest BCUT2D eigenvalue weighted by atomic mass is 9.33. The summed E-state index contributed by atoms with van der Waals surface area (Å²) >= 11 is 3.86. The Balaban J connectivity index is 1.12. The van der Waals surface area contributed by atoms with E-state index < -0.39 is 0 Å². The van der Waals surface area contributed by atoms with Crippen LogP contribution in [0.3, 0.4) is 0 Å². The van der Waals surface area contributed by atoms with E-state index in [-0.39, 0.29) is 33.9 Å². The second-order valence-electron chi connectivity index (χ2n) is 27.3. The largest absolute Gasteiger partial charge is 0.334 e. The topological polar surface area (TPSA) is 9.72 Å². The quantitative estimate of drug-likeness (QED) is 0.163. The fraction of sp³-hybridized carbons (Fsp3) is 0.270. The smallest absolute Gasteiger partial charge is 0.252 e. The van der Waals surface area contributed by atoms with Crippen LogP contribution in [0.15, 0.2) is 176 Å². The van der Waals surface area contributed by atoms with E-state index in [4.69, 9.17) is 0 Å². The van der Waals surface area contributed by atoms with Crippen LogP contribution in [0.1, 0.15) is 124 Å². The Kier molecular flexibility index (Phi) is 10.7. The molecule has 80 heavy (non-hydrogen) atoms. The van der Waals surface area contributed by atoms with Crippen LogP contribution in [0, 0.1) is 0 Å². The molecule has 2 unspecified atom stereocenters. The molecule has 0 N–H and O–H groups in total. The van der Waals surface area contributed by atoms with Gasteiger partial charge < -0.3 is 14.7 Å². The molecule has 15 rings (SSSR count). The van der Waals surface area contributed by atoms with Crippen molar-refractivity contribution >= 4 is 132 Å². The molecule has 11 aromatic rings. The number of anilines is 8. The maximum Gasteiger partial charge on any atom is 0.252 e. The predicted molar refractivity (Wildman–Crippen MR) is 351 cm³/mol.